The molecule has 2 aromatic rings. The highest BCUT2D eigenvalue weighted by Crippen LogP contribution is 2.25. The van der Waals surface area contributed by atoms with Crippen molar-refractivity contribution < 1.29 is 14.3 Å². The summed E-state index contributed by atoms with van der Waals surface area (Å²) in [4.78, 5) is 12.6. The van der Waals surface area contributed by atoms with E-state index in [9.17, 15) is 4.79 Å². The number of carbonyl (C=O) groups excluding carboxylic acids is 1. The van der Waals surface area contributed by atoms with E-state index in [1.165, 1.54) is 0 Å². The summed E-state index contributed by atoms with van der Waals surface area (Å²) >= 11 is 0. The van der Waals surface area contributed by atoms with E-state index in [1.807, 2.05) is 38.1 Å². The summed E-state index contributed by atoms with van der Waals surface area (Å²) in [5.74, 6) is 1.29. The van der Waals surface area contributed by atoms with Gasteiger partial charge in [-0.05, 0) is 42.7 Å². The fraction of sp³-hybridized carbons (Fsp3) is 0.316. The fourth-order valence-electron chi connectivity index (χ4n) is 2.61. The van der Waals surface area contributed by atoms with Gasteiger partial charge >= 0.3 is 0 Å². The molecule has 122 valence electrons. The first-order chi connectivity index (χ1) is 11.1. The van der Waals surface area contributed by atoms with Crippen LogP contribution in [-0.4, -0.2) is 20.1 Å². The van der Waals surface area contributed by atoms with Crippen LogP contribution in [0.3, 0.4) is 0 Å². The van der Waals surface area contributed by atoms with Gasteiger partial charge < -0.3 is 14.8 Å². The summed E-state index contributed by atoms with van der Waals surface area (Å²) in [6, 6.07) is 13.1. The second kappa shape index (κ2) is 7.68. The number of ether oxygens (including phenoxy) is 2. The molecule has 0 saturated carbocycles. The number of rotatable bonds is 6. The van der Waals surface area contributed by atoms with E-state index in [0.717, 1.165) is 23.3 Å². The maximum absolute atomic E-state index is 12.6. The topological polar surface area (TPSA) is 47.6 Å². The molecule has 1 unspecified atom stereocenters. The van der Waals surface area contributed by atoms with Crippen LogP contribution in [0, 0.1) is 6.92 Å². The van der Waals surface area contributed by atoms with Crippen LogP contribution in [0.4, 0.5) is 0 Å². The maximum Gasteiger partial charge on any atom is 0.255 e. The van der Waals surface area contributed by atoms with Crippen LogP contribution in [-0.2, 0) is 0 Å². The van der Waals surface area contributed by atoms with E-state index in [0.29, 0.717) is 11.3 Å². The monoisotopic (exact) mass is 313 g/mol. The van der Waals surface area contributed by atoms with Crippen LogP contribution >= 0.6 is 0 Å². The standard InChI is InChI=1S/C19H23NO3/c1-5-16(14-10-11-17(22-3)13(2)12-14)20-19(21)15-8-6-7-9-18(15)23-4/h6-12,16H,5H2,1-4H3,(H,20,21). The predicted molar refractivity (Wildman–Crippen MR) is 91.2 cm³/mol. The average molecular weight is 313 g/mol. The van der Waals surface area contributed by atoms with Crippen molar-refractivity contribution in [1.82, 2.24) is 5.32 Å². The van der Waals surface area contributed by atoms with E-state index >= 15 is 0 Å². The lowest BCUT2D eigenvalue weighted by Crippen LogP contribution is -2.28. The van der Waals surface area contributed by atoms with Crippen molar-refractivity contribution in [2.24, 2.45) is 0 Å². The molecule has 0 radical (unpaired) electrons. The molecule has 4 heteroatoms. The van der Waals surface area contributed by atoms with Crippen LogP contribution in [0.2, 0.25) is 0 Å². The molecule has 0 aromatic heterocycles. The zero-order valence-electron chi connectivity index (χ0n) is 14.1. The number of benzene rings is 2. The van der Waals surface area contributed by atoms with Crippen LogP contribution in [0.25, 0.3) is 0 Å². The molecule has 0 bridgehead atoms. The highest BCUT2D eigenvalue weighted by molar-refractivity contribution is 5.97. The molecule has 1 atom stereocenters. The van der Waals surface area contributed by atoms with Gasteiger partial charge in [-0.1, -0.05) is 31.2 Å². The number of carbonyl (C=O) groups is 1. The van der Waals surface area contributed by atoms with Gasteiger partial charge in [0.15, 0.2) is 0 Å². The molecular formula is C19H23NO3. The molecule has 0 aliphatic rings. The number of hydrogen-bond donors (Lipinski definition) is 1. The number of nitrogens with one attached hydrogen (secondary N) is 1. The van der Waals surface area contributed by atoms with E-state index in [2.05, 4.69) is 11.4 Å². The fourth-order valence-corrected chi connectivity index (χ4v) is 2.61. The summed E-state index contributed by atoms with van der Waals surface area (Å²) in [6.07, 6.45) is 0.798. The van der Waals surface area contributed by atoms with Gasteiger partial charge in [-0.2, -0.15) is 0 Å². The highest BCUT2D eigenvalue weighted by Gasteiger charge is 2.17. The molecule has 1 amide bonds. The van der Waals surface area contributed by atoms with Crippen LogP contribution < -0.4 is 14.8 Å². The van der Waals surface area contributed by atoms with Crippen molar-refractivity contribution in [3.8, 4) is 11.5 Å². The summed E-state index contributed by atoms with van der Waals surface area (Å²) in [6.45, 7) is 4.05. The summed E-state index contributed by atoms with van der Waals surface area (Å²) < 4.78 is 10.5. The van der Waals surface area contributed by atoms with Crippen molar-refractivity contribution in [1.29, 1.82) is 0 Å². The molecule has 2 rings (SSSR count). The molecule has 0 saturated heterocycles. The largest absolute Gasteiger partial charge is 0.496 e. The Labute approximate surface area is 137 Å². The number of aryl methyl sites for hydroxylation is 1. The zero-order valence-corrected chi connectivity index (χ0v) is 14.1. The van der Waals surface area contributed by atoms with E-state index in [-0.39, 0.29) is 11.9 Å². The number of methoxy groups -OCH3 is 2. The highest BCUT2D eigenvalue weighted by atomic mass is 16.5. The van der Waals surface area contributed by atoms with Crippen LogP contribution in [0.15, 0.2) is 42.5 Å². The molecule has 4 nitrogen and oxygen atoms in total. The van der Waals surface area contributed by atoms with Gasteiger partial charge in [-0.15, -0.1) is 0 Å². The Bertz CT molecular complexity index is 682. The van der Waals surface area contributed by atoms with Crippen molar-refractivity contribution in [3.63, 3.8) is 0 Å². The normalized spacial score (nSPS) is 11.7. The molecular weight excluding hydrogens is 290 g/mol. The molecule has 0 heterocycles. The molecule has 1 N–H and O–H groups in total. The molecule has 0 aliphatic heterocycles. The van der Waals surface area contributed by atoms with Gasteiger partial charge in [0, 0.05) is 0 Å². The minimum atomic E-state index is -0.136. The molecule has 2 aromatic carbocycles. The summed E-state index contributed by atoms with van der Waals surface area (Å²) in [7, 11) is 3.22. The quantitative estimate of drug-likeness (QED) is 0.880. The lowest BCUT2D eigenvalue weighted by molar-refractivity contribution is 0.0932. The smallest absolute Gasteiger partial charge is 0.255 e. The predicted octanol–water partition coefficient (Wildman–Crippen LogP) is 3.89. The first-order valence-corrected chi connectivity index (χ1v) is 7.69. The minimum Gasteiger partial charge on any atom is -0.496 e. The first kappa shape index (κ1) is 16.9. The van der Waals surface area contributed by atoms with E-state index < -0.39 is 0 Å². The molecule has 0 aliphatic carbocycles. The Kier molecular flexibility index (Phi) is 5.63. The summed E-state index contributed by atoms with van der Waals surface area (Å²) in [5.41, 5.74) is 2.66. The average Bonchev–Trinajstić information content (AvgIpc) is 2.59. The van der Waals surface area contributed by atoms with Gasteiger partial charge in [0.2, 0.25) is 0 Å². The Morgan fingerprint density at radius 1 is 1.09 bits per heavy atom. The maximum atomic E-state index is 12.6. The Morgan fingerprint density at radius 3 is 2.39 bits per heavy atom. The molecule has 0 spiro atoms. The third-order valence-electron chi connectivity index (χ3n) is 3.89. The van der Waals surface area contributed by atoms with Gasteiger partial charge in [-0.25, -0.2) is 0 Å². The second-order valence-corrected chi connectivity index (χ2v) is 5.36. The lowest BCUT2D eigenvalue weighted by atomic mass is 10.0. The number of amides is 1. The number of para-hydroxylation sites is 1. The van der Waals surface area contributed by atoms with Gasteiger partial charge in [0.05, 0.1) is 25.8 Å². The molecule has 23 heavy (non-hydrogen) atoms. The van der Waals surface area contributed by atoms with Crippen molar-refractivity contribution in [2.75, 3.05) is 14.2 Å². The Hall–Kier alpha value is -2.49. The summed E-state index contributed by atoms with van der Waals surface area (Å²) in [5, 5.41) is 3.08. The van der Waals surface area contributed by atoms with Crippen LogP contribution in [0.1, 0.15) is 40.9 Å². The SMILES string of the molecule is CCC(NC(=O)c1ccccc1OC)c1ccc(OC)c(C)c1. The van der Waals surface area contributed by atoms with E-state index in [4.69, 9.17) is 9.47 Å². The third kappa shape index (κ3) is 3.83. The van der Waals surface area contributed by atoms with Gasteiger partial charge in [0.1, 0.15) is 11.5 Å². The first-order valence-electron chi connectivity index (χ1n) is 7.69. The second-order valence-electron chi connectivity index (χ2n) is 5.36. The van der Waals surface area contributed by atoms with Crippen LogP contribution in [0.5, 0.6) is 11.5 Å². The number of hydrogen-bond acceptors (Lipinski definition) is 3. The van der Waals surface area contributed by atoms with E-state index in [1.54, 1.807) is 26.4 Å². The van der Waals surface area contributed by atoms with Crippen molar-refractivity contribution in [3.05, 3.63) is 59.2 Å². The minimum absolute atomic E-state index is 0.0583. The Balaban J connectivity index is 2.22. The zero-order chi connectivity index (χ0) is 16.8. The van der Waals surface area contributed by atoms with Crippen molar-refractivity contribution in [2.45, 2.75) is 26.3 Å². The van der Waals surface area contributed by atoms with Crippen molar-refractivity contribution >= 4 is 5.91 Å². The van der Waals surface area contributed by atoms with Gasteiger partial charge in [-0.3, -0.25) is 4.79 Å². The lowest BCUT2D eigenvalue weighted by Gasteiger charge is -2.19. The Morgan fingerprint density at radius 2 is 1.78 bits per heavy atom. The van der Waals surface area contributed by atoms with Gasteiger partial charge in [0.25, 0.3) is 5.91 Å². The molecule has 0 fully saturated rings. The third-order valence-corrected chi connectivity index (χ3v) is 3.89.